The van der Waals surface area contributed by atoms with E-state index in [9.17, 15) is 8.78 Å². The lowest BCUT2D eigenvalue weighted by molar-refractivity contribution is 0.155. The van der Waals surface area contributed by atoms with Crippen LogP contribution in [0.2, 0.25) is 0 Å². The van der Waals surface area contributed by atoms with Gasteiger partial charge in [-0.2, -0.15) is 8.78 Å². The van der Waals surface area contributed by atoms with E-state index in [1.54, 1.807) is 12.1 Å². The summed E-state index contributed by atoms with van der Waals surface area (Å²) < 4.78 is 26.1. The highest BCUT2D eigenvalue weighted by Crippen LogP contribution is 2.57. The summed E-state index contributed by atoms with van der Waals surface area (Å²) in [5.74, 6) is -2.91. The van der Waals surface area contributed by atoms with Crippen molar-refractivity contribution in [3.8, 4) is 0 Å². The number of hydrogen-bond donors (Lipinski definition) is 0. The number of halogens is 3. The van der Waals surface area contributed by atoms with E-state index in [1.807, 2.05) is 30.3 Å². The van der Waals surface area contributed by atoms with E-state index in [2.05, 4.69) is 0 Å². The largest absolute Gasteiger partial charge is 0.311 e. The van der Waals surface area contributed by atoms with Crippen molar-refractivity contribution in [2.75, 3.05) is 0 Å². The number of alkyl halides is 2. The first-order valence-electron chi connectivity index (χ1n) is 4.88. The van der Waals surface area contributed by atoms with E-state index in [4.69, 9.17) is 11.6 Å². The van der Waals surface area contributed by atoms with Gasteiger partial charge in [0.15, 0.2) is 0 Å². The Morgan fingerprint density at radius 2 is 1.56 bits per heavy atom. The number of rotatable bonds is 1. The predicted octanol–water partition coefficient (Wildman–Crippen LogP) is 4.44. The van der Waals surface area contributed by atoms with Crippen LogP contribution < -0.4 is 0 Å². The Balaban J connectivity index is 2.14. The summed E-state index contributed by atoms with van der Waals surface area (Å²) in [4.78, 5) is 0. The fraction of sp³-hybridized carbons (Fsp3) is 0.0769. The second-order valence-corrected chi connectivity index (χ2v) is 4.20. The maximum Gasteiger partial charge on any atom is 0.311 e. The Kier molecular flexibility index (Phi) is 1.86. The molecular formula is C13H7ClF2. The van der Waals surface area contributed by atoms with Crippen LogP contribution in [0.1, 0.15) is 5.56 Å². The zero-order valence-electron chi connectivity index (χ0n) is 8.18. The van der Waals surface area contributed by atoms with Crippen LogP contribution in [0, 0.1) is 0 Å². The van der Waals surface area contributed by atoms with E-state index in [1.165, 1.54) is 0 Å². The molecule has 0 fully saturated rings. The monoisotopic (exact) mass is 236 g/mol. The molecule has 0 radical (unpaired) electrons. The molecule has 0 saturated carbocycles. The third-order valence-electron chi connectivity index (χ3n) is 2.78. The van der Waals surface area contributed by atoms with Crippen LogP contribution in [-0.4, -0.2) is 5.92 Å². The van der Waals surface area contributed by atoms with Crippen LogP contribution in [0.4, 0.5) is 8.78 Å². The van der Waals surface area contributed by atoms with Crippen LogP contribution in [-0.2, 0) is 0 Å². The second kappa shape index (κ2) is 3.05. The van der Waals surface area contributed by atoms with Crippen molar-refractivity contribution in [3.05, 3.63) is 53.1 Å². The summed E-state index contributed by atoms with van der Waals surface area (Å²) in [6.45, 7) is 0. The van der Waals surface area contributed by atoms with Crippen molar-refractivity contribution in [3.63, 3.8) is 0 Å². The van der Waals surface area contributed by atoms with Crippen LogP contribution in [0.15, 0.2) is 47.5 Å². The molecule has 0 bridgehead atoms. The smallest absolute Gasteiger partial charge is 0.195 e. The molecular weight excluding hydrogens is 230 g/mol. The summed E-state index contributed by atoms with van der Waals surface area (Å²) >= 11 is 5.46. The van der Waals surface area contributed by atoms with Gasteiger partial charge in [-0.05, 0) is 22.4 Å². The van der Waals surface area contributed by atoms with Crippen LogP contribution in [0.5, 0.6) is 0 Å². The van der Waals surface area contributed by atoms with Crippen molar-refractivity contribution in [2.45, 2.75) is 5.92 Å². The minimum atomic E-state index is -2.91. The molecule has 0 aromatic heterocycles. The standard InChI is InChI=1S/C13H7ClF2/c14-12-11(13(12,15)16)10-6-5-8-3-1-2-4-9(8)7-10/h1-7H. The van der Waals surface area contributed by atoms with E-state index in [0.717, 1.165) is 10.8 Å². The Morgan fingerprint density at radius 1 is 0.938 bits per heavy atom. The first-order chi connectivity index (χ1) is 7.60. The number of fused-ring (bicyclic) bond motifs is 1. The molecule has 0 N–H and O–H groups in total. The molecule has 3 heteroatoms. The quantitative estimate of drug-likeness (QED) is 0.687. The summed E-state index contributed by atoms with van der Waals surface area (Å²) in [5, 5.41) is 1.65. The molecule has 1 aliphatic rings. The van der Waals surface area contributed by atoms with Gasteiger partial charge in [0, 0.05) is 0 Å². The molecule has 0 nitrogen and oxygen atoms in total. The van der Waals surface area contributed by atoms with Gasteiger partial charge in [-0.15, -0.1) is 0 Å². The van der Waals surface area contributed by atoms with Crippen LogP contribution in [0.3, 0.4) is 0 Å². The lowest BCUT2D eigenvalue weighted by Gasteiger charge is -2.01. The molecule has 0 heterocycles. The maximum atomic E-state index is 13.1. The highest BCUT2D eigenvalue weighted by molar-refractivity contribution is 6.40. The Hall–Kier alpha value is -1.41. The van der Waals surface area contributed by atoms with Gasteiger partial charge in [-0.3, -0.25) is 0 Å². The number of allylic oxidation sites excluding steroid dienone is 2. The van der Waals surface area contributed by atoms with Crippen molar-refractivity contribution >= 4 is 27.9 Å². The van der Waals surface area contributed by atoms with Gasteiger partial charge in [0.05, 0.1) is 5.57 Å². The Labute approximate surface area is 96.1 Å². The molecule has 0 unspecified atom stereocenters. The molecule has 2 aromatic carbocycles. The predicted molar refractivity (Wildman–Crippen MR) is 61.7 cm³/mol. The van der Waals surface area contributed by atoms with Crippen LogP contribution in [0.25, 0.3) is 16.3 Å². The third kappa shape index (κ3) is 1.26. The zero-order chi connectivity index (χ0) is 11.3. The molecule has 2 aromatic rings. The molecule has 3 rings (SSSR count). The topological polar surface area (TPSA) is 0 Å². The lowest BCUT2D eigenvalue weighted by atomic mass is 10.1. The molecule has 0 amide bonds. The molecule has 80 valence electrons. The fourth-order valence-electron chi connectivity index (χ4n) is 1.86. The molecule has 0 aliphatic heterocycles. The van der Waals surface area contributed by atoms with Gasteiger partial charge in [0.2, 0.25) is 0 Å². The fourth-order valence-corrected chi connectivity index (χ4v) is 2.14. The van der Waals surface area contributed by atoms with Crippen molar-refractivity contribution in [1.82, 2.24) is 0 Å². The molecule has 0 atom stereocenters. The van der Waals surface area contributed by atoms with Crippen molar-refractivity contribution < 1.29 is 8.78 Å². The van der Waals surface area contributed by atoms with Gasteiger partial charge in [0.25, 0.3) is 0 Å². The highest BCUT2D eigenvalue weighted by Gasteiger charge is 2.56. The Morgan fingerprint density at radius 3 is 2.19 bits per heavy atom. The average molecular weight is 237 g/mol. The minimum Gasteiger partial charge on any atom is -0.195 e. The number of hydrogen-bond acceptors (Lipinski definition) is 0. The van der Waals surface area contributed by atoms with E-state index in [0.29, 0.717) is 5.56 Å². The molecule has 0 saturated heterocycles. The van der Waals surface area contributed by atoms with E-state index in [-0.39, 0.29) is 10.6 Å². The molecule has 1 aliphatic carbocycles. The zero-order valence-corrected chi connectivity index (χ0v) is 8.93. The van der Waals surface area contributed by atoms with E-state index < -0.39 is 5.92 Å². The first kappa shape index (κ1) is 9.79. The summed E-state index contributed by atoms with van der Waals surface area (Å²) in [6.07, 6.45) is 0. The SMILES string of the molecule is FC1(F)C(Cl)=C1c1ccc2ccccc2c1. The van der Waals surface area contributed by atoms with Crippen molar-refractivity contribution in [2.24, 2.45) is 0 Å². The average Bonchev–Trinajstić information content (AvgIpc) is 2.78. The normalized spacial score (nSPS) is 17.9. The van der Waals surface area contributed by atoms with Crippen LogP contribution >= 0.6 is 11.6 Å². The van der Waals surface area contributed by atoms with Gasteiger partial charge >= 0.3 is 5.92 Å². The van der Waals surface area contributed by atoms with Gasteiger partial charge in [0.1, 0.15) is 5.03 Å². The lowest BCUT2D eigenvalue weighted by Crippen LogP contribution is -1.94. The summed E-state index contributed by atoms with van der Waals surface area (Å²) in [5.41, 5.74) is 0.466. The minimum absolute atomic E-state index is 0.0417. The van der Waals surface area contributed by atoms with Gasteiger partial charge < -0.3 is 0 Å². The second-order valence-electron chi connectivity index (χ2n) is 3.83. The first-order valence-corrected chi connectivity index (χ1v) is 5.26. The summed E-state index contributed by atoms with van der Waals surface area (Å²) in [7, 11) is 0. The van der Waals surface area contributed by atoms with Gasteiger partial charge in [-0.1, -0.05) is 48.0 Å². The van der Waals surface area contributed by atoms with E-state index >= 15 is 0 Å². The Bertz CT molecular complexity index is 614. The third-order valence-corrected chi connectivity index (χ3v) is 3.21. The van der Waals surface area contributed by atoms with Crippen molar-refractivity contribution in [1.29, 1.82) is 0 Å². The summed E-state index contributed by atoms with van der Waals surface area (Å²) in [6, 6.07) is 12.9. The molecule has 0 spiro atoms. The van der Waals surface area contributed by atoms with Gasteiger partial charge in [-0.25, -0.2) is 0 Å². The maximum absolute atomic E-state index is 13.1. The molecule has 16 heavy (non-hydrogen) atoms. The number of benzene rings is 2. The highest BCUT2D eigenvalue weighted by atomic mass is 35.5.